The lowest BCUT2D eigenvalue weighted by Gasteiger charge is -2.30. The molecule has 0 unspecified atom stereocenters. The van der Waals surface area contributed by atoms with Gasteiger partial charge in [0.25, 0.3) is 11.5 Å². The Morgan fingerprint density at radius 2 is 1.78 bits per heavy atom. The van der Waals surface area contributed by atoms with E-state index in [0.717, 1.165) is 35.5 Å². The number of rotatable bonds is 8. The van der Waals surface area contributed by atoms with Crippen LogP contribution in [0, 0.1) is 0 Å². The number of aromatic nitrogens is 2. The van der Waals surface area contributed by atoms with Gasteiger partial charge < -0.3 is 11.1 Å². The van der Waals surface area contributed by atoms with Crippen molar-refractivity contribution in [1.29, 1.82) is 0 Å². The van der Waals surface area contributed by atoms with Crippen LogP contribution in [0.3, 0.4) is 0 Å². The molecule has 192 valence electrons. The van der Waals surface area contributed by atoms with Crippen molar-refractivity contribution in [3.63, 3.8) is 0 Å². The average Bonchev–Trinajstić information content (AvgIpc) is 3.07. The topological polar surface area (TPSA) is 151 Å². The van der Waals surface area contributed by atoms with E-state index in [9.17, 15) is 24.0 Å². The number of carbonyl (C=O) groups is 3. The Bertz CT molecular complexity index is 1260. The van der Waals surface area contributed by atoms with E-state index in [1.54, 1.807) is 24.3 Å². The fourth-order valence-electron chi connectivity index (χ4n) is 4.97. The molecule has 2 aromatic rings. The summed E-state index contributed by atoms with van der Waals surface area (Å²) in [4.78, 5) is 69.3. The SMILES string of the molecule is CCCCn1c(N)c(N(Cc2ccccc2)C(=O)CN2C(=O)NC3(CCCCC3)C2=O)c(=O)[nH]c1=O. The summed E-state index contributed by atoms with van der Waals surface area (Å²) in [7, 11) is 0. The predicted octanol–water partition coefficient (Wildman–Crippen LogP) is 1.71. The van der Waals surface area contributed by atoms with Gasteiger partial charge in [0.2, 0.25) is 5.91 Å². The summed E-state index contributed by atoms with van der Waals surface area (Å²) in [6, 6.07) is 8.34. The quantitative estimate of drug-likeness (QED) is 0.474. The molecule has 0 atom stereocenters. The number of carbonyl (C=O) groups excluding carboxylic acids is 3. The van der Waals surface area contributed by atoms with Crippen molar-refractivity contribution < 1.29 is 14.4 Å². The number of imide groups is 1. The normalized spacial score (nSPS) is 16.9. The lowest BCUT2D eigenvalue weighted by Crippen LogP contribution is -2.49. The van der Waals surface area contributed by atoms with Crippen molar-refractivity contribution in [2.75, 3.05) is 17.2 Å². The zero-order valence-electron chi connectivity index (χ0n) is 20.4. The summed E-state index contributed by atoms with van der Waals surface area (Å²) in [5, 5.41) is 2.79. The highest BCUT2D eigenvalue weighted by atomic mass is 16.2. The number of nitrogens with zero attached hydrogens (tertiary/aromatic N) is 3. The third-order valence-electron chi connectivity index (χ3n) is 6.95. The van der Waals surface area contributed by atoms with Crippen LogP contribution in [0.5, 0.6) is 0 Å². The Balaban J connectivity index is 1.70. The van der Waals surface area contributed by atoms with Crippen LogP contribution in [-0.4, -0.2) is 44.4 Å². The summed E-state index contributed by atoms with van der Waals surface area (Å²) < 4.78 is 1.23. The molecule has 1 aromatic carbocycles. The monoisotopic (exact) mass is 496 g/mol. The standard InChI is InChI=1S/C25H32N6O5/c1-2-3-14-29-20(26)19(21(33)27-23(29)35)30(15-17-10-6-4-7-11-17)18(32)16-31-22(34)25(28-24(31)36)12-8-5-9-13-25/h4,6-7,10-11H,2-3,5,8-9,12-16,26H2,1H3,(H,28,36)(H,27,33,35). The van der Waals surface area contributed by atoms with Crippen molar-refractivity contribution in [1.82, 2.24) is 19.8 Å². The number of amides is 4. The summed E-state index contributed by atoms with van der Waals surface area (Å²) in [6.45, 7) is 1.64. The van der Waals surface area contributed by atoms with E-state index in [4.69, 9.17) is 5.73 Å². The Labute approximate surface area is 208 Å². The van der Waals surface area contributed by atoms with Gasteiger partial charge in [-0.05, 0) is 24.8 Å². The van der Waals surface area contributed by atoms with Crippen LogP contribution >= 0.6 is 0 Å². The van der Waals surface area contributed by atoms with Gasteiger partial charge in [0.05, 0.1) is 6.54 Å². The zero-order chi connectivity index (χ0) is 25.9. The predicted molar refractivity (Wildman–Crippen MR) is 134 cm³/mol. The first-order valence-electron chi connectivity index (χ1n) is 12.4. The van der Waals surface area contributed by atoms with Crippen LogP contribution in [0.2, 0.25) is 0 Å². The molecule has 36 heavy (non-hydrogen) atoms. The second kappa shape index (κ2) is 10.4. The third kappa shape index (κ3) is 4.77. The van der Waals surface area contributed by atoms with Gasteiger partial charge in [0.1, 0.15) is 17.9 Å². The fraction of sp³-hybridized carbons (Fsp3) is 0.480. The molecule has 2 heterocycles. The molecule has 4 N–H and O–H groups in total. The number of nitrogens with two attached hydrogens (primary N) is 1. The van der Waals surface area contributed by atoms with Gasteiger partial charge in [-0.25, -0.2) is 9.59 Å². The molecule has 1 aliphatic carbocycles. The summed E-state index contributed by atoms with van der Waals surface area (Å²) in [5.41, 5.74) is 4.37. The highest BCUT2D eigenvalue weighted by Gasteiger charge is 2.52. The largest absolute Gasteiger partial charge is 0.383 e. The molecule has 1 saturated carbocycles. The molecule has 0 bridgehead atoms. The van der Waals surface area contributed by atoms with E-state index >= 15 is 0 Å². The summed E-state index contributed by atoms with van der Waals surface area (Å²) in [6.07, 6.45) is 5.13. The molecule has 1 aliphatic heterocycles. The van der Waals surface area contributed by atoms with Crippen molar-refractivity contribution in [2.24, 2.45) is 0 Å². The summed E-state index contributed by atoms with van der Waals surface area (Å²) in [5.74, 6) is -1.22. The average molecular weight is 497 g/mol. The maximum atomic E-state index is 13.6. The number of unbranched alkanes of at least 4 members (excludes halogenated alkanes) is 1. The van der Waals surface area contributed by atoms with E-state index in [0.29, 0.717) is 24.8 Å². The molecular weight excluding hydrogens is 464 g/mol. The van der Waals surface area contributed by atoms with Gasteiger partial charge in [-0.3, -0.25) is 33.7 Å². The Kier molecular flexibility index (Phi) is 7.27. The number of benzene rings is 1. The smallest absolute Gasteiger partial charge is 0.330 e. The lowest BCUT2D eigenvalue weighted by molar-refractivity contribution is -0.135. The van der Waals surface area contributed by atoms with Crippen LogP contribution < -0.4 is 27.2 Å². The molecule has 1 spiro atoms. The highest BCUT2D eigenvalue weighted by Crippen LogP contribution is 2.33. The van der Waals surface area contributed by atoms with Gasteiger partial charge in [0, 0.05) is 6.54 Å². The number of anilines is 2. The summed E-state index contributed by atoms with van der Waals surface area (Å²) >= 11 is 0. The van der Waals surface area contributed by atoms with Gasteiger partial charge in [0.15, 0.2) is 5.69 Å². The molecule has 1 saturated heterocycles. The first-order valence-corrected chi connectivity index (χ1v) is 12.4. The van der Waals surface area contributed by atoms with E-state index in [2.05, 4.69) is 10.3 Å². The molecule has 11 heteroatoms. The van der Waals surface area contributed by atoms with E-state index in [-0.39, 0.29) is 24.6 Å². The van der Waals surface area contributed by atoms with Gasteiger partial charge in [-0.15, -0.1) is 0 Å². The van der Waals surface area contributed by atoms with Crippen molar-refractivity contribution >= 4 is 29.4 Å². The maximum absolute atomic E-state index is 13.6. The van der Waals surface area contributed by atoms with Gasteiger partial charge in [-0.2, -0.15) is 0 Å². The number of nitrogens with one attached hydrogen (secondary N) is 2. The van der Waals surface area contributed by atoms with E-state index in [1.165, 1.54) is 4.57 Å². The number of nitrogen functional groups attached to an aromatic ring is 1. The Hall–Kier alpha value is -3.89. The minimum atomic E-state index is -0.968. The molecule has 0 radical (unpaired) electrons. The molecule has 2 aliphatic rings. The second-order valence-electron chi connectivity index (χ2n) is 9.43. The molecule has 1 aromatic heterocycles. The minimum Gasteiger partial charge on any atom is -0.383 e. The van der Waals surface area contributed by atoms with Crippen LogP contribution in [0.15, 0.2) is 39.9 Å². The van der Waals surface area contributed by atoms with Crippen molar-refractivity contribution in [3.8, 4) is 0 Å². The lowest BCUT2D eigenvalue weighted by atomic mass is 9.82. The van der Waals surface area contributed by atoms with Crippen LogP contribution in [0.4, 0.5) is 16.3 Å². The van der Waals surface area contributed by atoms with E-state index in [1.807, 2.05) is 13.0 Å². The third-order valence-corrected chi connectivity index (χ3v) is 6.95. The first-order chi connectivity index (χ1) is 17.3. The Morgan fingerprint density at radius 3 is 2.44 bits per heavy atom. The van der Waals surface area contributed by atoms with Gasteiger partial charge >= 0.3 is 11.7 Å². The number of aromatic amines is 1. The first kappa shape index (κ1) is 25.2. The van der Waals surface area contributed by atoms with Crippen LogP contribution in [0.25, 0.3) is 0 Å². The van der Waals surface area contributed by atoms with Crippen LogP contribution in [0.1, 0.15) is 57.4 Å². The van der Waals surface area contributed by atoms with Gasteiger partial charge in [-0.1, -0.05) is 62.9 Å². The second-order valence-corrected chi connectivity index (χ2v) is 9.43. The maximum Gasteiger partial charge on any atom is 0.330 e. The van der Waals surface area contributed by atoms with E-state index < -0.39 is 41.2 Å². The Morgan fingerprint density at radius 1 is 1.08 bits per heavy atom. The molecule has 11 nitrogen and oxygen atoms in total. The fourth-order valence-corrected chi connectivity index (χ4v) is 4.97. The minimum absolute atomic E-state index is 0.0340. The number of urea groups is 1. The molecule has 2 fully saturated rings. The molecular formula is C25H32N6O5. The number of hydrogen-bond acceptors (Lipinski definition) is 6. The molecule has 4 amide bonds. The van der Waals surface area contributed by atoms with Crippen molar-refractivity contribution in [2.45, 2.75) is 70.5 Å². The van der Waals surface area contributed by atoms with Crippen molar-refractivity contribution in [3.05, 3.63) is 56.7 Å². The highest BCUT2D eigenvalue weighted by molar-refractivity contribution is 6.10. The van der Waals surface area contributed by atoms with Crippen LogP contribution in [-0.2, 0) is 22.7 Å². The zero-order valence-corrected chi connectivity index (χ0v) is 20.4. The number of hydrogen-bond donors (Lipinski definition) is 3. The number of H-pyrrole nitrogens is 1. The molecule has 4 rings (SSSR count).